The van der Waals surface area contributed by atoms with Gasteiger partial charge in [-0.2, -0.15) is 5.10 Å². The van der Waals surface area contributed by atoms with Gasteiger partial charge in [-0.15, -0.1) is 0 Å². The quantitative estimate of drug-likeness (QED) is 0.578. The Morgan fingerprint density at radius 3 is 2.73 bits per heavy atom. The molecule has 0 saturated carbocycles. The fraction of sp³-hybridized carbons (Fsp3) is 0.200. The largest absolute Gasteiger partial charge is 0.483 e. The molecule has 0 saturated heterocycles. The van der Waals surface area contributed by atoms with E-state index >= 15 is 0 Å². The highest BCUT2D eigenvalue weighted by atomic mass is 79.9. The first-order valence-corrected chi connectivity index (χ1v) is 8.01. The van der Waals surface area contributed by atoms with Crippen molar-refractivity contribution in [3.8, 4) is 5.75 Å². The molecule has 0 unspecified atom stereocenters. The molecular weight excluding hydrogens is 416 g/mol. The number of carbonyl (C=O) groups excluding carboxylic acids is 1. The van der Waals surface area contributed by atoms with Gasteiger partial charge in [0, 0.05) is 6.07 Å². The van der Waals surface area contributed by atoms with Gasteiger partial charge in [-0.3, -0.25) is 4.79 Å². The molecule has 0 atom stereocenters. The van der Waals surface area contributed by atoms with Crippen LogP contribution in [0.5, 0.6) is 5.75 Å². The van der Waals surface area contributed by atoms with Crippen molar-refractivity contribution in [3.63, 3.8) is 0 Å². The molecule has 0 radical (unpaired) electrons. The lowest BCUT2D eigenvalue weighted by atomic mass is 10.2. The number of hydrazone groups is 1. The van der Waals surface area contributed by atoms with Crippen LogP contribution in [0.1, 0.15) is 17.1 Å². The smallest absolute Gasteiger partial charge is 0.277 e. The molecule has 0 spiro atoms. The summed E-state index contributed by atoms with van der Waals surface area (Å²) in [7, 11) is 0. The first kappa shape index (κ1) is 16.8. The molecule has 116 valence electrons. The van der Waals surface area contributed by atoms with Gasteiger partial charge in [-0.25, -0.2) is 5.43 Å². The number of carbonyl (C=O) groups is 1. The van der Waals surface area contributed by atoms with Crippen LogP contribution in [-0.2, 0) is 4.79 Å². The number of rotatable bonds is 5. The van der Waals surface area contributed by atoms with Gasteiger partial charge in [-0.05, 0) is 63.4 Å². The molecule has 22 heavy (non-hydrogen) atoms. The van der Waals surface area contributed by atoms with Gasteiger partial charge in [0.05, 0.1) is 15.2 Å². The van der Waals surface area contributed by atoms with Crippen molar-refractivity contribution in [1.82, 2.24) is 5.43 Å². The molecule has 2 aromatic rings. The van der Waals surface area contributed by atoms with Gasteiger partial charge in [0.2, 0.25) is 0 Å². The molecule has 0 fully saturated rings. The summed E-state index contributed by atoms with van der Waals surface area (Å²) in [6.07, 6.45) is 1.43. The summed E-state index contributed by atoms with van der Waals surface area (Å²) in [6.45, 7) is 3.68. The number of furan rings is 1. The molecule has 1 aromatic heterocycles. The molecule has 0 aliphatic heterocycles. The van der Waals surface area contributed by atoms with Gasteiger partial charge < -0.3 is 9.15 Å². The second-order valence-corrected chi connectivity index (χ2v) is 6.28. The van der Waals surface area contributed by atoms with Crippen molar-refractivity contribution >= 4 is 44.0 Å². The first-order chi connectivity index (χ1) is 10.5. The van der Waals surface area contributed by atoms with Gasteiger partial charge in [0.1, 0.15) is 17.3 Å². The predicted octanol–water partition coefficient (Wildman–Crippen LogP) is 3.95. The number of aryl methyl sites for hydroxylation is 2. The number of halogens is 2. The fourth-order valence-electron chi connectivity index (χ4n) is 1.61. The lowest BCUT2D eigenvalue weighted by molar-refractivity contribution is -0.123. The maximum atomic E-state index is 11.7. The standard InChI is InChI=1S/C15H14Br2N2O3/c1-9-3-4-14(13(17)5-9)21-8-15(20)19-18-7-11-6-12(16)10(2)22-11/h3-7H,8H2,1-2H3,(H,19,20)/b18-7+. The van der Waals surface area contributed by atoms with E-state index in [0.717, 1.165) is 20.3 Å². The molecule has 0 aliphatic rings. The molecule has 0 aliphatic carbocycles. The van der Waals surface area contributed by atoms with Crippen molar-refractivity contribution < 1.29 is 13.9 Å². The predicted molar refractivity (Wildman–Crippen MR) is 91.3 cm³/mol. The summed E-state index contributed by atoms with van der Waals surface area (Å²) >= 11 is 6.72. The molecule has 1 N–H and O–H groups in total. The van der Waals surface area contributed by atoms with E-state index in [1.165, 1.54) is 6.21 Å². The number of amides is 1. The number of hydrogen-bond acceptors (Lipinski definition) is 4. The Bertz CT molecular complexity index is 691. The average molecular weight is 430 g/mol. The van der Waals surface area contributed by atoms with Crippen LogP contribution in [0, 0.1) is 13.8 Å². The van der Waals surface area contributed by atoms with Crippen LogP contribution in [0.25, 0.3) is 0 Å². The van der Waals surface area contributed by atoms with Crippen LogP contribution in [0.15, 0.2) is 42.7 Å². The number of nitrogens with one attached hydrogen (secondary N) is 1. The Morgan fingerprint density at radius 2 is 2.09 bits per heavy atom. The lowest BCUT2D eigenvalue weighted by Gasteiger charge is -2.07. The highest BCUT2D eigenvalue weighted by Crippen LogP contribution is 2.25. The molecule has 0 bridgehead atoms. The minimum Gasteiger partial charge on any atom is -0.483 e. The van der Waals surface area contributed by atoms with Crippen LogP contribution in [0.4, 0.5) is 0 Å². The summed E-state index contributed by atoms with van der Waals surface area (Å²) in [5.41, 5.74) is 3.48. The van der Waals surface area contributed by atoms with Gasteiger partial charge in [0.15, 0.2) is 6.61 Å². The Labute approximate surface area is 145 Å². The zero-order chi connectivity index (χ0) is 16.1. The van der Waals surface area contributed by atoms with Crippen LogP contribution in [0.2, 0.25) is 0 Å². The van der Waals surface area contributed by atoms with Crippen LogP contribution >= 0.6 is 31.9 Å². The van der Waals surface area contributed by atoms with Gasteiger partial charge >= 0.3 is 0 Å². The van der Waals surface area contributed by atoms with E-state index in [0.29, 0.717) is 11.5 Å². The van der Waals surface area contributed by atoms with Crippen LogP contribution < -0.4 is 10.2 Å². The Kier molecular flexibility index (Phi) is 5.79. The maximum Gasteiger partial charge on any atom is 0.277 e. The summed E-state index contributed by atoms with van der Waals surface area (Å²) in [6, 6.07) is 7.40. The van der Waals surface area contributed by atoms with Gasteiger partial charge in [-0.1, -0.05) is 6.07 Å². The van der Waals surface area contributed by atoms with E-state index in [-0.39, 0.29) is 12.5 Å². The number of nitrogens with zero attached hydrogens (tertiary/aromatic N) is 1. The van der Waals surface area contributed by atoms with Crippen molar-refractivity contribution in [2.24, 2.45) is 5.10 Å². The fourth-order valence-corrected chi connectivity index (χ4v) is 2.53. The first-order valence-electron chi connectivity index (χ1n) is 6.42. The molecule has 1 aromatic carbocycles. The summed E-state index contributed by atoms with van der Waals surface area (Å²) in [5.74, 6) is 1.55. The van der Waals surface area contributed by atoms with E-state index in [1.807, 2.05) is 26.0 Å². The Morgan fingerprint density at radius 1 is 1.32 bits per heavy atom. The summed E-state index contributed by atoms with van der Waals surface area (Å²) in [4.78, 5) is 11.7. The molecule has 1 heterocycles. The number of ether oxygens (including phenoxy) is 1. The van der Waals surface area contributed by atoms with Crippen LogP contribution in [-0.4, -0.2) is 18.7 Å². The summed E-state index contributed by atoms with van der Waals surface area (Å²) < 4.78 is 12.4. The van der Waals surface area contributed by atoms with Crippen LogP contribution in [0.3, 0.4) is 0 Å². The van der Waals surface area contributed by atoms with Crippen molar-refractivity contribution in [1.29, 1.82) is 0 Å². The topological polar surface area (TPSA) is 63.8 Å². The molecular formula is C15H14Br2N2O3. The zero-order valence-electron chi connectivity index (χ0n) is 12.0. The van der Waals surface area contributed by atoms with Crippen molar-refractivity contribution in [3.05, 3.63) is 50.3 Å². The third-order valence-corrected chi connectivity index (χ3v) is 4.11. The second kappa shape index (κ2) is 7.60. The normalized spacial score (nSPS) is 10.9. The Balaban J connectivity index is 1.83. The molecule has 2 rings (SSSR count). The van der Waals surface area contributed by atoms with Crippen molar-refractivity contribution in [2.45, 2.75) is 13.8 Å². The number of hydrogen-bond donors (Lipinski definition) is 1. The average Bonchev–Trinajstić information content (AvgIpc) is 2.76. The van der Waals surface area contributed by atoms with E-state index in [1.54, 1.807) is 12.1 Å². The molecule has 7 heteroatoms. The minimum atomic E-state index is -0.355. The molecule has 5 nitrogen and oxygen atoms in total. The zero-order valence-corrected chi connectivity index (χ0v) is 15.2. The highest BCUT2D eigenvalue weighted by molar-refractivity contribution is 9.10. The van der Waals surface area contributed by atoms with E-state index in [4.69, 9.17) is 9.15 Å². The Hall–Kier alpha value is -1.60. The highest BCUT2D eigenvalue weighted by Gasteiger charge is 2.06. The minimum absolute atomic E-state index is 0.125. The third-order valence-electron chi connectivity index (χ3n) is 2.70. The SMILES string of the molecule is Cc1ccc(OCC(=O)N/N=C/c2cc(Br)c(C)o2)c(Br)c1. The lowest BCUT2D eigenvalue weighted by Crippen LogP contribution is -2.24. The van der Waals surface area contributed by atoms with Gasteiger partial charge in [0.25, 0.3) is 5.91 Å². The van der Waals surface area contributed by atoms with E-state index < -0.39 is 0 Å². The molecule has 1 amide bonds. The number of benzene rings is 1. The van der Waals surface area contributed by atoms with Crippen molar-refractivity contribution in [2.75, 3.05) is 6.61 Å². The third kappa shape index (κ3) is 4.71. The van der Waals surface area contributed by atoms with E-state index in [9.17, 15) is 4.79 Å². The van der Waals surface area contributed by atoms with E-state index in [2.05, 4.69) is 42.4 Å². The monoisotopic (exact) mass is 428 g/mol. The second-order valence-electron chi connectivity index (χ2n) is 4.57. The summed E-state index contributed by atoms with van der Waals surface area (Å²) in [5, 5.41) is 3.81. The maximum absolute atomic E-state index is 11.7.